The number of benzene rings is 1. The number of nitrogens with two attached hydrogens (primary N) is 1. The molecule has 1 heterocycles. The minimum absolute atomic E-state index is 0.0387. The number of nitrogen functional groups attached to an aromatic ring is 1. The maximum absolute atomic E-state index is 13.1. The number of furan rings is 1. The van der Waals surface area contributed by atoms with Crippen LogP contribution >= 0.6 is 11.6 Å². The largest absolute Gasteiger partial charge is 0.468 e. The Balaban J connectivity index is 2.27. The van der Waals surface area contributed by atoms with Gasteiger partial charge in [0.15, 0.2) is 0 Å². The third-order valence-corrected chi connectivity index (χ3v) is 4.22. The first kappa shape index (κ1) is 13.9. The molecular weight excluding hydrogens is 295 g/mol. The average molecular weight is 305 g/mol. The molecular formula is C11H10ClFN2O3S. The fourth-order valence-electron chi connectivity index (χ4n) is 1.41. The molecule has 0 aliphatic carbocycles. The third-order valence-electron chi connectivity index (χ3n) is 2.36. The smallest absolute Gasteiger partial charge is 0.242 e. The molecule has 0 unspecified atom stereocenters. The van der Waals surface area contributed by atoms with Gasteiger partial charge < -0.3 is 10.2 Å². The molecule has 3 N–H and O–H groups in total. The first-order valence-corrected chi connectivity index (χ1v) is 7.03. The standard InChI is InChI=1S/C11H10ClFN2O3S/c12-8-4-9(13)10(14)5-11(8)19(16,17)15-6-7-2-1-3-18-7/h1-5,15H,6,14H2. The molecule has 5 nitrogen and oxygen atoms in total. The van der Waals surface area contributed by atoms with E-state index in [0.29, 0.717) is 5.76 Å². The summed E-state index contributed by atoms with van der Waals surface area (Å²) in [6.07, 6.45) is 1.42. The number of anilines is 1. The van der Waals surface area contributed by atoms with Gasteiger partial charge >= 0.3 is 0 Å². The molecule has 2 rings (SSSR count). The van der Waals surface area contributed by atoms with E-state index in [9.17, 15) is 12.8 Å². The Labute approximate surface area is 114 Å². The molecule has 0 spiro atoms. The second-order valence-electron chi connectivity index (χ2n) is 3.71. The maximum Gasteiger partial charge on any atom is 0.242 e. The van der Waals surface area contributed by atoms with Crippen LogP contribution in [0, 0.1) is 5.82 Å². The Kier molecular flexibility index (Phi) is 3.79. The summed E-state index contributed by atoms with van der Waals surface area (Å²) in [5, 5.41) is -0.237. The van der Waals surface area contributed by atoms with Crippen LogP contribution in [0.15, 0.2) is 39.8 Å². The number of rotatable bonds is 4. The van der Waals surface area contributed by atoms with E-state index in [4.69, 9.17) is 21.8 Å². The van der Waals surface area contributed by atoms with Gasteiger partial charge in [-0.05, 0) is 24.3 Å². The van der Waals surface area contributed by atoms with E-state index in [-0.39, 0.29) is 22.2 Å². The van der Waals surface area contributed by atoms with E-state index < -0.39 is 15.8 Å². The zero-order valence-electron chi connectivity index (χ0n) is 9.56. The van der Waals surface area contributed by atoms with Gasteiger partial charge in [-0.1, -0.05) is 11.6 Å². The number of hydrogen-bond donors (Lipinski definition) is 2. The van der Waals surface area contributed by atoms with Crippen LogP contribution in [0.2, 0.25) is 5.02 Å². The first-order chi connectivity index (χ1) is 8.90. The first-order valence-electron chi connectivity index (χ1n) is 5.17. The Bertz CT molecular complexity index is 686. The summed E-state index contributed by atoms with van der Waals surface area (Å²) >= 11 is 5.71. The summed E-state index contributed by atoms with van der Waals surface area (Å²) in [6, 6.07) is 5.08. The van der Waals surface area contributed by atoms with Crippen LogP contribution in [-0.2, 0) is 16.6 Å². The molecule has 102 valence electrons. The van der Waals surface area contributed by atoms with Crippen molar-refractivity contribution in [2.45, 2.75) is 11.4 Å². The third kappa shape index (κ3) is 3.06. The quantitative estimate of drug-likeness (QED) is 0.847. The Morgan fingerprint density at radius 2 is 2.16 bits per heavy atom. The van der Waals surface area contributed by atoms with E-state index in [1.165, 1.54) is 6.26 Å². The molecule has 0 aliphatic heterocycles. The summed E-state index contributed by atoms with van der Waals surface area (Å²) in [4.78, 5) is -0.278. The molecule has 19 heavy (non-hydrogen) atoms. The molecule has 0 radical (unpaired) electrons. The van der Waals surface area contributed by atoms with Crippen LogP contribution in [0.5, 0.6) is 0 Å². The Hall–Kier alpha value is -1.57. The molecule has 8 heteroatoms. The van der Waals surface area contributed by atoms with Gasteiger partial charge in [-0.25, -0.2) is 17.5 Å². The highest BCUT2D eigenvalue weighted by molar-refractivity contribution is 7.89. The van der Waals surface area contributed by atoms with Crippen LogP contribution in [0.4, 0.5) is 10.1 Å². The number of nitrogens with one attached hydrogen (secondary N) is 1. The Morgan fingerprint density at radius 3 is 2.79 bits per heavy atom. The Morgan fingerprint density at radius 1 is 1.42 bits per heavy atom. The summed E-state index contributed by atoms with van der Waals surface area (Å²) in [7, 11) is -3.89. The maximum atomic E-state index is 13.1. The minimum Gasteiger partial charge on any atom is -0.468 e. The zero-order chi connectivity index (χ0) is 14.0. The second kappa shape index (κ2) is 5.20. The van der Waals surface area contributed by atoms with Gasteiger partial charge in [-0.3, -0.25) is 0 Å². The molecule has 0 aliphatic rings. The van der Waals surface area contributed by atoms with E-state index >= 15 is 0 Å². The summed E-state index contributed by atoms with van der Waals surface area (Å²) in [6.45, 7) is -0.0387. The molecule has 0 bridgehead atoms. The van der Waals surface area contributed by atoms with Gasteiger partial charge in [-0.2, -0.15) is 0 Å². The normalized spacial score (nSPS) is 11.7. The topological polar surface area (TPSA) is 85.3 Å². The lowest BCUT2D eigenvalue weighted by atomic mass is 10.3. The van der Waals surface area contributed by atoms with Crippen molar-refractivity contribution in [1.82, 2.24) is 4.72 Å². The highest BCUT2D eigenvalue weighted by atomic mass is 35.5. The molecule has 1 aromatic carbocycles. The van der Waals surface area contributed by atoms with E-state index in [0.717, 1.165) is 12.1 Å². The fourth-order valence-corrected chi connectivity index (χ4v) is 2.95. The van der Waals surface area contributed by atoms with E-state index in [1.807, 2.05) is 0 Å². The summed E-state index contributed by atoms with van der Waals surface area (Å²) in [5.74, 6) is -0.329. The lowest BCUT2D eigenvalue weighted by Crippen LogP contribution is -2.23. The zero-order valence-corrected chi connectivity index (χ0v) is 11.1. The summed E-state index contributed by atoms with van der Waals surface area (Å²) < 4.78 is 44.4. The van der Waals surface area contributed by atoms with Crippen molar-refractivity contribution in [2.75, 3.05) is 5.73 Å². The monoisotopic (exact) mass is 304 g/mol. The van der Waals surface area contributed by atoms with Gasteiger partial charge in [-0.15, -0.1) is 0 Å². The fraction of sp³-hybridized carbons (Fsp3) is 0.0909. The van der Waals surface area contributed by atoms with Crippen LogP contribution in [0.25, 0.3) is 0 Å². The van der Waals surface area contributed by atoms with Crippen molar-refractivity contribution in [2.24, 2.45) is 0 Å². The average Bonchev–Trinajstić information content (AvgIpc) is 2.84. The number of hydrogen-bond acceptors (Lipinski definition) is 4. The second-order valence-corrected chi connectivity index (χ2v) is 5.85. The molecule has 0 atom stereocenters. The molecule has 1 aromatic heterocycles. The van der Waals surface area contributed by atoms with Crippen LogP contribution in [0.3, 0.4) is 0 Å². The van der Waals surface area contributed by atoms with Gasteiger partial charge in [0, 0.05) is 0 Å². The van der Waals surface area contributed by atoms with Crippen molar-refractivity contribution in [3.05, 3.63) is 47.1 Å². The van der Waals surface area contributed by atoms with E-state index in [2.05, 4.69) is 4.72 Å². The van der Waals surface area contributed by atoms with Crippen LogP contribution in [0.1, 0.15) is 5.76 Å². The van der Waals surface area contributed by atoms with Gasteiger partial charge in [0.05, 0.1) is 23.5 Å². The van der Waals surface area contributed by atoms with Crippen LogP contribution in [-0.4, -0.2) is 8.42 Å². The van der Waals surface area contributed by atoms with Gasteiger partial charge in [0.1, 0.15) is 16.5 Å². The molecule has 0 saturated carbocycles. The summed E-state index contributed by atoms with van der Waals surface area (Å²) in [5.41, 5.74) is 5.04. The minimum atomic E-state index is -3.89. The predicted molar refractivity (Wildman–Crippen MR) is 68.6 cm³/mol. The molecule has 2 aromatic rings. The van der Waals surface area contributed by atoms with Crippen molar-refractivity contribution in [3.8, 4) is 0 Å². The van der Waals surface area contributed by atoms with Gasteiger partial charge in [0.25, 0.3) is 0 Å². The van der Waals surface area contributed by atoms with E-state index in [1.54, 1.807) is 12.1 Å². The lowest BCUT2D eigenvalue weighted by molar-refractivity contribution is 0.498. The van der Waals surface area contributed by atoms with Crippen molar-refractivity contribution in [1.29, 1.82) is 0 Å². The van der Waals surface area contributed by atoms with Crippen molar-refractivity contribution < 1.29 is 17.2 Å². The highest BCUT2D eigenvalue weighted by Crippen LogP contribution is 2.26. The highest BCUT2D eigenvalue weighted by Gasteiger charge is 2.20. The SMILES string of the molecule is Nc1cc(S(=O)(=O)NCc2ccco2)c(Cl)cc1F. The van der Waals surface area contributed by atoms with Crippen LogP contribution < -0.4 is 10.5 Å². The van der Waals surface area contributed by atoms with Gasteiger partial charge in [0.2, 0.25) is 10.0 Å². The van der Waals surface area contributed by atoms with Crippen molar-refractivity contribution in [3.63, 3.8) is 0 Å². The lowest BCUT2D eigenvalue weighted by Gasteiger charge is -2.08. The number of halogens is 2. The number of sulfonamides is 1. The molecule has 0 fully saturated rings. The van der Waals surface area contributed by atoms with Crippen molar-refractivity contribution >= 4 is 27.3 Å². The molecule has 0 amide bonds. The molecule has 0 saturated heterocycles. The predicted octanol–water partition coefficient (Wildman–Crippen LogP) is 2.13.